The number of hydrogen-bond acceptors (Lipinski definition) is 3. The number of para-hydroxylation sites is 1. The largest absolute Gasteiger partial charge is 0.370 e. The number of nitrogens with one attached hydrogen (secondary N) is 1. The number of carbonyl (C=O) groups is 1. The van der Waals surface area contributed by atoms with Crippen LogP contribution < -0.4 is 10.2 Å². The van der Waals surface area contributed by atoms with Gasteiger partial charge in [0.15, 0.2) is 0 Å². The van der Waals surface area contributed by atoms with Crippen LogP contribution in [-0.4, -0.2) is 24.0 Å². The molecular formula is C22H29N3O. The van der Waals surface area contributed by atoms with Gasteiger partial charge in [0.1, 0.15) is 0 Å². The Hall–Kier alpha value is -2.36. The lowest BCUT2D eigenvalue weighted by molar-refractivity contribution is 0.102. The van der Waals surface area contributed by atoms with Gasteiger partial charge in [0.2, 0.25) is 0 Å². The van der Waals surface area contributed by atoms with Crippen LogP contribution in [0, 0.1) is 12.8 Å². The summed E-state index contributed by atoms with van der Waals surface area (Å²) in [6.45, 7) is 10.7. The van der Waals surface area contributed by atoms with Gasteiger partial charge in [-0.25, -0.2) is 0 Å². The van der Waals surface area contributed by atoms with E-state index < -0.39 is 0 Å². The Balaban J connectivity index is 1.80. The van der Waals surface area contributed by atoms with Gasteiger partial charge in [0.25, 0.3) is 5.91 Å². The predicted molar refractivity (Wildman–Crippen MR) is 108 cm³/mol. The number of benzene rings is 1. The summed E-state index contributed by atoms with van der Waals surface area (Å²) in [6.07, 6.45) is 5.90. The van der Waals surface area contributed by atoms with Crippen LogP contribution in [0.3, 0.4) is 0 Å². The van der Waals surface area contributed by atoms with Crippen molar-refractivity contribution >= 4 is 17.3 Å². The third-order valence-electron chi connectivity index (χ3n) is 5.30. The number of aromatic nitrogens is 1. The number of aryl methyl sites for hydroxylation is 1. The van der Waals surface area contributed by atoms with Gasteiger partial charge in [-0.05, 0) is 48.8 Å². The first-order chi connectivity index (χ1) is 12.5. The molecule has 0 bridgehead atoms. The number of hydrogen-bond donors (Lipinski definition) is 1. The van der Waals surface area contributed by atoms with Crippen molar-refractivity contribution in [2.24, 2.45) is 5.92 Å². The first-order valence-corrected chi connectivity index (χ1v) is 9.56. The summed E-state index contributed by atoms with van der Waals surface area (Å²) >= 11 is 0. The normalized spacial score (nSPS) is 15.3. The van der Waals surface area contributed by atoms with Crippen molar-refractivity contribution in [2.45, 2.75) is 46.5 Å². The second kappa shape index (κ2) is 7.90. The quantitative estimate of drug-likeness (QED) is 0.843. The van der Waals surface area contributed by atoms with E-state index in [4.69, 9.17) is 0 Å². The van der Waals surface area contributed by atoms with Crippen LogP contribution in [0.2, 0.25) is 0 Å². The molecule has 1 saturated heterocycles. The third-order valence-corrected chi connectivity index (χ3v) is 5.30. The minimum atomic E-state index is -0.0964. The highest BCUT2D eigenvalue weighted by Gasteiger charge is 2.18. The summed E-state index contributed by atoms with van der Waals surface area (Å²) in [6, 6.07) is 8.12. The van der Waals surface area contributed by atoms with Crippen molar-refractivity contribution in [1.29, 1.82) is 0 Å². The average Bonchev–Trinajstić information content (AvgIpc) is 2.64. The molecule has 4 heteroatoms. The minimum absolute atomic E-state index is 0.0964. The molecule has 26 heavy (non-hydrogen) atoms. The number of amides is 1. The minimum Gasteiger partial charge on any atom is -0.370 e. The number of nitrogens with zero attached hydrogens (tertiary/aromatic N) is 2. The van der Waals surface area contributed by atoms with Gasteiger partial charge in [-0.3, -0.25) is 9.78 Å². The fraction of sp³-hybridized carbons (Fsp3) is 0.455. The van der Waals surface area contributed by atoms with Gasteiger partial charge in [-0.1, -0.05) is 39.0 Å². The summed E-state index contributed by atoms with van der Waals surface area (Å²) in [5.41, 5.74) is 4.81. The fourth-order valence-electron chi connectivity index (χ4n) is 3.52. The highest BCUT2D eigenvalue weighted by molar-refractivity contribution is 6.05. The van der Waals surface area contributed by atoms with Crippen molar-refractivity contribution in [1.82, 2.24) is 4.98 Å². The van der Waals surface area contributed by atoms with Crippen molar-refractivity contribution in [3.63, 3.8) is 0 Å². The maximum Gasteiger partial charge on any atom is 0.257 e. The monoisotopic (exact) mass is 351 g/mol. The number of carbonyl (C=O) groups excluding carboxylic acids is 1. The molecular weight excluding hydrogens is 322 g/mol. The van der Waals surface area contributed by atoms with Crippen LogP contribution in [0.15, 0.2) is 36.7 Å². The summed E-state index contributed by atoms with van der Waals surface area (Å²) in [5, 5.41) is 3.12. The molecule has 138 valence electrons. The first-order valence-electron chi connectivity index (χ1n) is 9.56. The molecule has 0 radical (unpaired) electrons. The van der Waals surface area contributed by atoms with Crippen LogP contribution in [0.5, 0.6) is 0 Å². The SMILES string of the molecule is Cc1cccc(C(C)C)c1NC(=O)c1cncc(N2CCC(C)CC2)c1. The topological polar surface area (TPSA) is 45.2 Å². The van der Waals surface area contributed by atoms with Gasteiger partial charge < -0.3 is 10.2 Å². The molecule has 2 heterocycles. The van der Waals surface area contributed by atoms with E-state index >= 15 is 0 Å². The molecule has 1 N–H and O–H groups in total. The van der Waals surface area contributed by atoms with Crippen molar-refractivity contribution < 1.29 is 4.79 Å². The molecule has 0 saturated carbocycles. The van der Waals surface area contributed by atoms with Crippen LogP contribution in [-0.2, 0) is 0 Å². The Bertz CT molecular complexity index is 777. The Labute approximate surface area is 156 Å². The molecule has 1 fully saturated rings. The Morgan fingerprint density at radius 3 is 2.65 bits per heavy atom. The zero-order chi connectivity index (χ0) is 18.7. The van der Waals surface area contributed by atoms with Crippen LogP contribution in [0.4, 0.5) is 11.4 Å². The number of rotatable bonds is 4. The van der Waals surface area contributed by atoms with Gasteiger partial charge in [-0.15, -0.1) is 0 Å². The van der Waals surface area contributed by atoms with Crippen LogP contribution >= 0.6 is 0 Å². The van der Waals surface area contributed by atoms with E-state index in [9.17, 15) is 4.79 Å². The maximum absolute atomic E-state index is 12.9. The molecule has 3 rings (SSSR count). The predicted octanol–water partition coefficient (Wildman–Crippen LogP) is 5.00. The lowest BCUT2D eigenvalue weighted by Gasteiger charge is -2.32. The second-order valence-corrected chi connectivity index (χ2v) is 7.75. The lowest BCUT2D eigenvalue weighted by atomic mass is 9.98. The summed E-state index contributed by atoms with van der Waals surface area (Å²) in [5.74, 6) is 1.03. The van der Waals surface area contributed by atoms with E-state index in [-0.39, 0.29) is 5.91 Å². The van der Waals surface area contributed by atoms with Crippen molar-refractivity contribution in [3.05, 3.63) is 53.3 Å². The number of piperidine rings is 1. The highest BCUT2D eigenvalue weighted by Crippen LogP contribution is 2.28. The van der Waals surface area contributed by atoms with Crippen molar-refractivity contribution in [3.8, 4) is 0 Å². The highest BCUT2D eigenvalue weighted by atomic mass is 16.1. The Kier molecular flexibility index (Phi) is 5.60. The molecule has 0 spiro atoms. The van der Waals surface area contributed by atoms with Crippen molar-refractivity contribution in [2.75, 3.05) is 23.3 Å². The molecule has 0 unspecified atom stereocenters. The maximum atomic E-state index is 12.9. The van der Waals surface area contributed by atoms with E-state index in [1.165, 1.54) is 12.8 Å². The molecule has 0 aliphatic carbocycles. The van der Waals surface area contributed by atoms with Crippen LogP contribution in [0.1, 0.15) is 61.0 Å². The van der Waals surface area contributed by atoms with Crippen LogP contribution in [0.25, 0.3) is 0 Å². The number of anilines is 2. The summed E-state index contributed by atoms with van der Waals surface area (Å²) in [7, 11) is 0. The molecule has 1 aliphatic rings. The number of pyridine rings is 1. The summed E-state index contributed by atoms with van der Waals surface area (Å²) < 4.78 is 0. The third kappa shape index (κ3) is 4.06. The zero-order valence-electron chi connectivity index (χ0n) is 16.2. The van der Waals surface area contributed by atoms with E-state index in [0.717, 1.165) is 41.5 Å². The second-order valence-electron chi connectivity index (χ2n) is 7.75. The Morgan fingerprint density at radius 1 is 1.23 bits per heavy atom. The van der Waals surface area contributed by atoms with Gasteiger partial charge >= 0.3 is 0 Å². The molecule has 2 aromatic rings. The molecule has 1 amide bonds. The molecule has 1 aromatic carbocycles. The lowest BCUT2D eigenvalue weighted by Crippen LogP contribution is -2.33. The van der Waals surface area contributed by atoms with Gasteiger partial charge in [0.05, 0.1) is 17.4 Å². The molecule has 0 atom stereocenters. The van der Waals surface area contributed by atoms with E-state index in [1.807, 2.05) is 31.3 Å². The average molecular weight is 351 g/mol. The van der Waals surface area contributed by atoms with E-state index in [1.54, 1.807) is 6.20 Å². The molecule has 1 aromatic heterocycles. The van der Waals surface area contributed by atoms with E-state index in [0.29, 0.717) is 11.5 Å². The zero-order valence-corrected chi connectivity index (χ0v) is 16.2. The fourth-order valence-corrected chi connectivity index (χ4v) is 3.52. The standard InChI is InChI=1S/C22H29N3O/c1-15(2)20-7-5-6-17(4)21(20)24-22(26)18-12-19(14-23-13-18)25-10-8-16(3)9-11-25/h5-7,12-16H,8-11H2,1-4H3,(H,24,26). The summed E-state index contributed by atoms with van der Waals surface area (Å²) in [4.78, 5) is 19.5. The van der Waals surface area contributed by atoms with Gasteiger partial charge in [-0.2, -0.15) is 0 Å². The molecule has 4 nitrogen and oxygen atoms in total. The Morgan fingerprint density at radius 2 is 1.96 bits per heavy atom. The van der Waals surface area contributed by atoms with Gasteiger partial charge in [0, 0.05) is 25.0 Å². The van der Waals surface area contributed by atoms with E-state index in [2.05, 4.69) is 42.0 Å². The smallest absolute Gasteiger partial charge is 0.257 e. The molecule has 1 aliphatic heterocycles. The first kappa shape index (κ1) is 18.4.